The maximum Gasteiger partial charge on any atom is 0.416 e. The Morgan fingerprint density at radius 3 is 2.68 bits per heavy atom. The molecule has 0 aliphatic carbocycles. The number of aromatic nitrogens is 1. The highest BCUT2D eigenvalue weighted by Gasteiger charge is 2.31. The minimum atomic E-state index is -4.51. The zero-order valence-corrected chi connectivity index (χ0v) is 14.8. The quantitative estimate of drug-likeness (QED) is 0.838. The van der Waals surface area contributed by atoms with Crippen molar-refractivity contribution >= 4 is 23.1 Å². The molecule has 2 amide bonds. The molecule has 0 aliphatic rings. The summed E-state index contributed by atoms with van der Waals surface area (Å²) in [6, 6.07) is 2.43. The number of hydrogen-bond acceptors (Lipinski definition) is 4. The molecule has 0 spiro atoms. The molecule has 0 atom stereocenters. The van der Waals surface area contributed by atoms with E-state index in [9.17, 15) is 18.0 Å². The lowest BCUT2D eigenvalue weighted by Crippen LogP contribution is -2.31. The van der Waals surface area contributed by atoms with Gasteiger partial charge in [-0.3, -0.25) is 0 Å². The molecule has 0 saturated carbocycles. The van der Waals surface area contributed by atoms with Gasteiger partial charge in [0.25, 0.3) is 0 Å². The smallest absolute Gasteiger partial charge is 0.416 e. The molecule has 5 nitrogen and oxygen atoms in total. The van der Waals surface area contributed by atoms with E-state index in [1.807, 2.05) is 12.3 Å². The van der Waals surface area contributed by atoms with Crippen LogP contribution in [0.1, 0.15) is 23.2 Å². The number of halogens is 3. The molecule has 0 bridgehead atoms. The second-order valence-corrected chi connectivity index (χ2v) is 6.35. The molecule has 1 aromatic heterocycles. The Hall–Kier alpha value is -2.29. The standard InChI is InChI=1S/C16H18F3N3O2S/c1-4-24-14-6-5-11(16(17,18)19)7-13(14)21-15(23)22(3)8-12-9-25-10(2)20-12/h5-7,9H,4,8H2,1-3H3,(H,21,23). The minimum absolute atomic E-state index is 0.0250. The molecule has 1 aromatic carbocycles. The molecule has 1 N–H and O–H groups in total. The maximum absolute atomic E-state index is 12.9. The van der Waals surface area contributed by atoms with Crippen molar-refractivity contribution in [3.05, 3.63) is 39.8 Å². The molecule has 0 radical (unpaired) electrons. The van der Waals surface area contributed by atoms with Crippen LogP contribution in [0.15, 0.2) is 23.6 Å². The number of nitrogens with one attached hydrogen (secondary N) is 1. The number of aryl methyl sites for hydroxylation is 1. The molecule has 2 aromatic rings. The lowest BCUT2D eigenvalue weighted by atomic mass is 10.2. The first kappa shape index (κ1) is 19.0. The molecule has 0 unspecified atom stereocenters. The summed E-state index contributed by atoms with van der Waals surface area (Å²) in [5, 5.41) is 5.18. The Morgan fingerprint density at radius 2 is 2.12 bits per heavy atom. The van der Waals surface area contributed by atoms with Gasteiger partial charge in [0.05, 0.1) is 35.1 Å². The molecular weight excluding hydrogens is 355 g/mol. The van der Waals surface area contributed by atoms with Crippen LogP contribution in [0, 0.1) is 6.92 Å². The van der Waals surface area contributed by atoms with Crippen LogP contribution in [-0.4, -0.2) is 29.6 Å². The highest BCUT2D eigenvalue weighted by atomic mass is 32.1. The van der Waals surface area contributed by atoms with Crippen LogP contribution in [0.25, 0.3) is 0 Å². The predicted octanol–water partition coefficient (Wildman–Crippen LogP) is 4.53. The van der Waals surface area contributed by atoms with Crippen LogP contribution < -0.4 is 10.1 Å². The summed E-state index contributed by atoms with van der Waals surface area (Å²) in [6.45, 7) is 4.08. The fraction of sp³-hybridized carbons (Fsp3) is 0.375. The molecule has 1 heterocycles. The number of carbonyl (C=O) groups is 1. The maximum atomic E-state index is 12.9. The summed E-state index contributed by atoms with van der Waals surface area (Å²) >= 11 is 1.46. The van der Waals surface area contributed by atoms with Crippen molar-refractivity contribution in [3.63, 3.8) is 0 Å². The zero-order valence-electron chi connectivity index (χ0n) is 14.0. The first-order valence-corrected chi connectivity index (χ1v) is 8.35. The van der Waals surface area contributed by atoms with Gasteiger partial charge in [-0.25, -0.2) is 9.78 Å². The van der Waals surface area contributed by atoms with E-state index < -0.39 is 17.8 Å². The number of benzene rings is 1. The van der Waals surface area contributed by atoms with E-state index >= 15 is 0 Å². The van der Waals surface area contributed by atoms with Gasteiger partial charge >= 0.3 is 12.2 Å². The van der Waals surface area contributed by atoms with Crippen molar-refractivity contribution in [3.8, 4) is 5.75 Å². The Morgan fingerprint density at radius 1 is 1.40 bits per heavy atom. The van der Waals surface area contributed by atoms with Gasteiger partial charge in [0.15, 0.2) is 0 Å². The summed E-state index contributed by atoms with van der Waals surface area (Å²) in [4.78, 5) is 17.9. The van der Waals surface area contributed by atoms with E-state index in [2.05, 4.69) is 10.3 Å². The second kappa shape index (κ2) is 7.73. The lowest BCUT2D eigenvalue weighted by molar-refractivity contribution is -0.137. The van der Waals surface area contributed by atoms with Crippen molar-refractivity contribution in [2.24, 2.45) is 0 Å². The number of amides is 2. The Kier molecular flexibility index (Phi) is 5.89. The van der Waals surface area contributed by atoms with E-state index in [0.717, 1.165) is 17.1 Å². The topological polar surface area (TPSA) is 54.5 Å². The molecule has 25 heavy (non-hydrogen) atoms. The van der Waals surface area contributed by atoms with Crippen molar-refractivity contribution in [2.75, 3.05) is 19.0 Å². The summed E-state index contributed by atoms with van der Waals surface area (Å²) in [5.41, 5.74) is -0.166. The van der Waals surface area contributed by atoms with Crippen LogP contribution >= 0.6 is 11.3 Å². The number of ether oxygens (including phenoxy) is 1. The Labute approximate surface area is 147 Å². The van der Waals surface area contributed by atoms with E-state index in [-0.39, 0.29) is 24.6 Å². The van der Waals surface area contributed by atoms with Crippen LogP contribution in [0.3, 0.4) is 0 Å². The molecule has 136 valence electrons. The van der Waals surface area contributed by atoms with Crippen LogP contribution in [0.5, 0.6) is 5.75 Å². The fourth-order valence-corrected chi connectivity index (χ4v) is 2.70. The van der Waals surface area contributed by atoms with Gasteiger partial charge in [-0.05, 0) is 32.0 Å². The van der Waals surface area contributed by atoms with Crippen LogP contribution in [-0.2, 0) is 12.7 Å². The number of rotatable bonds is 5. The van der Waals surface area contributed by atoms with Gasteiger partial charge < -0.3 is 15.0 Å². The third kappa shape index (κ3) is 5.09. The largest absolute Gasteiger partial charge is 0.492 e. The number of thiazole rings is 1. The molecule has 2 rings (SSSR count). The van der Waals surface area contributed by atoms with Crippen molar-refractivity contribution in [1.82, 2.24) is 9.88 Å². The summed E-state index contributed by atoms with van der Waals surface area (Å²) in [5.74, 6) is 0.182. The number of alkyl halides is 3. The van der Waals surface area contributed by atoms with Gasteiger partial charge in [0.1, 0.15) is 5.75 Å². The van der Waals surface area contributed by atoms with Gasteiger partial charge in [-0.15, -0.1) is 11.3 Å². The van der Waals surface area contributed by atoms with Crippen molar-refractivity contribution < 1.29 is 22.7 Å². The zero-order chi connectivity index (χ0) is 18.6. The van der Waals surface area contributed by atoms with Gasteiger partial charge in [0.2, 0.25) is 0 Å². The second-order valence-electron chi connectivity index (χ2n) is 5.29. The van der Waals surface area contributed by atoms with E-state index in [4.69, 9.17) is 4.74 Å². The first-order chi connectivity index (χ1) is 11.7. The van der Waals surface area contributed by atoms with Gasteiger partial charge in [-0.2, -0.15) is 13.2 Å². The van der Waals surface area contributed by atoms with E-state index in [1.54, 1.807) is 6.92 Å². The minimum Gasteiger partial charge on any atom is -0.492 e. The highest BCUT2D eigenvalue weighted by Crippen LogP contribution is 2.35. The summed E-state index contributed by atoms with van der Waals surface area (Å²) in [6.07, 6.45) is -4.51. The fourth-order valence-electron chi connectivity index (χ4n) is 2.09. The number of anilines is 1. The normalized spacial score (nSPS) is 11.3. The number of hydrogen-bond donors (Lipinski definition) is 1. The average molecular weight is 373 g/mol. The van der Waals surface area contributed by atoms with Gasteiger partial charge in [-0.1, -0.05) is 0 Å². The molecule has 9 heteroatoms. The average Bonchev–Trinajstić information content (AvgIpc) is 2.93. The van der Waals surface area contributed by atoms with E-state index in [0.29, 0.717) is 5.69 Å². The van der Waals surface area contributed by atoms with Crippen molar-refractivity contribution in [2.45, 2.75) is 26.6 Å². The third-order valence-electron chi connectivity index (χ3n) is 3.26. The Bertz CT molecular complexity index is 746. The highest BCUT2D eigenvalue weighted by molar-refractivity contribution is 7.09. The van der Waals surface area contributed by atoms with Crippen molar-refractivity contribution in [1.29, 1.82) is 0 Å². The van der Waals surface area contributed by atoms with E-state index in [1.165, 1.54) is 29.4 Å². The lowest BCUT2D eigenvalue weighted by Gasteiger charge is -2.19. The SMILES string of the molecule is CCOc1ccc(C(F)(F)F)cc1NC(=O)N(C)Cc1csc(C)n1. The van der Waals surface area contributed by atoms with Crippen LogP contribution in [0.2, 0.25) is 0 Å². The monoisotopic (exact) mass is 373 g/mol. The molecular formula is C16H18F3N3O2S. The van der Waals surface area contributed by atoms with Gasteiger partial charge in [0, 0.05) is 12.4 Å². The summed E-state index contributed by atoms with van der Waals surface area (Å²) < 4.78 is 44.0. The number of carbonyl (C=O) groups excluding carboxylic acids is 1. The van der Waals surface area contributed by atoms with Crippen LogP contribution in [0.4, 0.5) is 23.7 Å². The Balaban J connectivity index is 2.17. The summed E-state index contributed by atoms with van der Waals surface area (Å²) in [7, 11) is 1.54. The third-order valence-corrected chi connectivity index (χ3v) is 4.08. The molecule has 0 aliphatic heterocycles. The molecule has 0 fully saturated rings. The number of urea groups is 1. The predicted molar refractivity (Wildman–Crippen MR) is 89.9 cm³/mol. The number of nitrogens with zero attached hydrogens (tertiary/aromatic N) is 2. The molecule has 0 saturated heterocycles. The first-order valence-electron chi connectivity index (χ1n) is 7.48.